The van der Waals surface area contributed by atoms with Crippen LogP contribution >= 0.6 is 0 Å². The Balaban J connectivity index is 2.09. The Bertz CT molecular complexity index is 1040. The van der Waals surface area contributed by atoms with Crippen molar-refractivity contribution in [3.05, 3.63) is 83.4 Å². The first-order chi connectivity index (χ1) is 15.9. The van der Waals surface area contributed by atoms with Crippen LogP contribution < -0.4 is 4.74 Å². The molecule has 0 radical (unpaired) electrons. The van der Waals surface area contributed by atoms with E-state index in [-0.39, 0.29) is 11.3 Å². The van der Waals surface area contributed by atoms with Crippen LogP contribution in [0.1, 0.15) is 36.6 Å². The number of carbonyl (C=O) groups excluding carboxylic acids is 2. The van der Waals surface area contributed by atoms with E-state index in [2.05, 4.69) is 25.3 Å². The van der Waals surface area contributed by atoms with Crippen LogP contribution in [0.15, 0.2) is 66.8 Å². The molecule has 6 heteroatoms. The van der Waals surface area contributed by atoms with Crippen molar-refractivity contribution in [3.63, 3.8) is 0 Å². The third kappa shape index (κ3) is 5.34. The average Bonchev–Trinajstić information content (AvgIpc) is 3.08. The van der Waals surface area contributed by atoms with E-state index in [0.717, 1.165) is 18.7 Å². The fraction of sp³-hybridized carbons (Fsp3) is 0.333. The fourth-order valence-corrected chi connectivity index (χ4v) is 4.04. The van der Waals surface area contributed by atoms with Gasteiger partial charge in [0.1, 0.15) is 18.1 Å². The highest BCUT2D eigenvalue weighted by Crippen LogP contribution is 2.40. The van der Waals surface area contributed by atoms with Crippen LogP contribution in [0.3, 0.4) is 0 Å². The molecule has 1 saturated heterocycles. The maximum Gasteiger partial charge on any atom is 0.295 e. The molecule has 1 N–H and O–H groups in total. The number of rotatable bonds is 10. The molecule has 1 aliphatic heterocycles. The number of aryl methyl sites for hydroxylation is 1. The second kappa shape index (κ2) is 11.0. The topological polar surface area (TPSA) is 70.1 Å². The van der Waals surface area contributed by atoms with Crippen LogP contribution in [0, 0.1) is 6.92 Å². The van der Waals surface area contributed by atoms with Crippen molar-refractivity contribution in [1.82, 2.24) is 9.80 Å². The molecule has 6 nitrogen and oxygen atoms in total. The molecule has 2 aromatic rings. The minimum Gasteiger partial charge on any atom is -0.507 e. The Morgan fingerprint density at radius 2 is 1.85 bits per heavy atom. The monoisotopic (exact) mass is 448 g/mol. The SMILES string of the molecule is C=CCOc1cccc(C2C(=C(O)c3ccc(C)cc3)C(=O)C(=O)N2CCN(CC)CC)c1. The minimum atomic E-state index is -0.700. The van der Waals surface area contributed by atoms with Crippen LogP contribution in [-0.4, -0.2) is 59.4 Å². The second-order valence-corrected chi connectivity index (χ2v) is 8.06. The predicted octanol–water partition coefficient (Wildman–Crippen LogP) is 4.32. The Morgan fingerprint density at radius 1 is 1.15 bits per heavy atom. The Kier molecular flexibility index (Phi) is 8.06. The number of likely N-dealkylation sites (N-methyl/N-ethyl adjacent to an activating group) is 1. The lowest BCUT2D eigenvalue weighted by Crippen LogP contribution is -2.38. The van der Waals surface area contributed by atoms with Gasteiger partial charge in [-0.3, -0.25) is 9.59 Å². The highest BCUT2D eigenvalue weighted by molar-refractivity contribution is 6.46. The lowest BCUT2D eigenvalue weighted by molar-refractivity contribution is -0.140. The van der Waals surface area contributed by atoms with Gasteiger partial charge >= 0.3 is 0 Å². The maximum absolute atomic E-state index is 13.2. The first-order valence-electron chi connectivity index (χ1n) is 11.3. The number of amides is 1. The Labute approximate surface area is 195 Å². The Hall–Kier alpha value is -3.38. The van der Waals surface area contributed by atoms with Gasteiger partial charge in [0.15, 0.2) is 0 Å². The number of benzene rings is 2. The third-order valence-corrected chi connectivity index (χ3v) is 5.96. The summed E-state index contributed by atoms with van der Waals surface area (Å²) < 4.78 is 5.68. The lowest BCUT2D eigenvalue weighted by Gasteiger charge is -2.28. The van der Waals surface area contributed by atoms with E-state index in [1.165, 1.54) is 0 Å². The van der Waals surface area contributed by atoms with Crippen molar-refractivity contribution in [2.24, 2.45) is 0 Å². The van der Waals surface area contributed by atoms with Gasteiger partial charge in [-0.1, -0.05) is 68.5 Å². The number of likely N-dealkylation sites (tertiary alicyclic amines) is 1. The molecule has 33 heavy (non-hydrogen) atoms. The van der Waals surface area contributed by atoms with Crippen molar-refractivity contribution in [1.29, 1.82) is 0 Å². The summed E-state index contributed by atoms with van der Waals surface area (Å²) in [6, 6.07) is 13.8. The molecular formula is C27H32N2O4. The standard InChI is InChI=1S/C27H32N2O4/c1-5-17-33-22-10-8-9-21(18-22)24-23(25(30)20-13-11-19(4)12-14-20)26(31)27(32)29(24)16-15-28(6-2)7-3/h5,8-14,18,24,30H,1,6-7,15-17H2,2-4H3. The van der Waals surface area contributed by atoms with Crippen LogP contribution in [0.4, 0.5) is 0 Å². The fourth-order valence-electron chi connectivity index (χ4n) is 4.04. The summed E-state index contributed by atoms with van der Waals surface area (Å²) in [6.07, 6.45) is 1.65. The zero-order valence-electron chi connectivity index (χ0n) is 19.6. The normalized spacial score (nSPS) is 17.6. The molecule has 3 rings (SSSR count). The average molecular weight is 449 g/mol. The molecule has 1 fully saturated rings. The van der Waals surface area contributed by atoms with Crippen molar-refractivity contribution in [2.45, 2.75) is 26.8 Å². The molecule has 2 aromatic carbocycles. The number of hydrogen-bond acceptors (Lipinski definition) is 5. The summed E-state index contributed by atoms with van der Waals surface area (Å²) in [5, 5.41) is 11.2. The van der Waals surface area contributed by atoms with E-state index in [0.29, 0.717) is 36.6 Å². The van der Waals surface area contributed by atoms with Crippen LogP contribution in [-0.2, 0) is 9.59 Å². The smallest absolute Gasteiger partial charge is 0.295 e. The summed E-state index contributed by atoms with van der Waals surface area (Å²) in [7, 11) is 0. The van der Waals surface area contributed by atoms with E-state index in [9.17, 15) is 14.7 Å². The molecule has 1 heterocycles. The molecule has 1 unspecified atom stereocenters. The number of ketones is 1. The molecule has 0 aromatic heterocycles. The van der Waals surface area contributed by atoms with Gasteiger partial charge in [-0.15, -0.1) is 0 Å². The predicted molar refractivity (Wildman–Crippen MR) is 130 cm³/mol. The van der Waals surface area contributed by atoms with Gasteiger partial charge in [-0.25, -0.2) is 0 Å². The number of hydrogen-bond donors (Lipinski definition) is 1. The van der Waals surface area contributed by atoms with E-state index >= 15 is 0 Å². The summed E-state index contributed by atoms with van der Waals surface area (Å²) in [6.45, 7) is 12.8. The number of Topliss-reactive ketones (excluding diaryl/α,β-unsaturated/α-hetero) is 1. The quantitative estimate of drug-likeness (QED) is 0.254. The Morgan fingerprint density at radius 3 is 2.48 bits per heavy atom. The van der Waals surface area contributed by atoms with Crippen molar-refractivity contribution in [2.75, 3.05) is 32.8 Å². The maximum atomic E-state index is 13.2. The van der Waals surface area contributed by atoms with Crippen LogP contribution in [0.25, 0.3) is 5.76 Å². The van der Waals surface area contributed by atoms with E-state index in [1.54, 1.807) is 23.1 Å². The molecule has 0 spiro atoms. The van der Waals surface area contributed by atoms with Gasteiger partial charge in [-0.05, 0) is 37.7 Å². The summed E-state index contributed by atoms with van der Waals surface area (Å²) in [4.78, 5) is 30.0. The van der Waals surface area contributed by atoms with Crippen molar-refractivity contribution >= 4 is 17.4 Å². The number of carbonyl (C=O) groups is 2. The molecule has 1 aliphatic rings. The third-order valence-electron chi connectivity index (χ3n) is 5.96. The number of aliphatic hydroxyl groups excluding tert-OH is 1. The summed E-state index contributed by atoms with van der Waals surface area (Å²) in [5.41, 5.74) is 2.36. The largest absolute Gasteiger partial charge is 0.507 e. The minimum absolute atomic E-state index is 0.101. The molecule has 0 bridgehead atoms. The first kappa shape index (κ1) is 24.3. The van der Waals surface area contributed by atoms with E-state index < -0.39 is 17.7 Å². The van der Waals surface area contributed by atoms with Crippen molar-refractivity contribution < 1.29 is 19.4 Å². The highest BCUT2D eigenvalue weighted by atomic mass is 16.5. The highest BCUT2D eigenvalue weighted by Gasteiger charge is 2.46. The van der Waals surface area contributed by atoms with Crippen LogP contribution in [0.2, 0.25) is 0 Å². The van der Waals surface area contributed by atoms with E-state index in [4.69, 9.17) is 4.74 Å². The van der Waals surface area contributed by atoms with Gasteiger partial charge in [0.25, 0.3) is 11.7 Å². The number of ether oxygens (including phenoxy) is 1. The van der Waals surface area contributed by atoms with Gasteiger partial charge in [-0.2, -0.15) is 0 Å². The van der Waals surface area contributed by atoms with E-state index in [1.807, 2.05) is 43.3 Å². The van der Waals surface area contributed by atoms with Crippen LogP contribution in [0.5, 0.6) is 5.75 Å². The molecule has 1 amide bonds. The first-order valence-corrected chi connectivity index (χ1v) is 11.3. The molecule has 0 aliphatic carbocycles. The van der Waals surface area contributed by atoms with Gasteiger partial charge < -0.3 is 19.6 Å². The molecule has 0 saturated carbocycles. The van der Waals surface area contributed by atoms with Gasteiger partial charge in [0.05, 0.1) is 11.6 Å². The zero-order valence-corrected chi connectivity index (χ0v) is 19.6. The van der Waals surface area contributed by atoms with Crippen molar-refractivity contribution in [3.8, 4) is 5.75 Å². The lowest BCUT2D eigenvalue weighted by atomic mass is 9.95. The molecular weight excluding hydrogens is 416 g/mol. The summed E-state index contributed by atoms with van der Waals surface area (Å²) in [5.74, 6) is -0.827. The zero-order chi connectivity index (χ0) is 24.0. The summed E-state index contributed by atoms with van der Waals surface area (Å²) >= 11 is 0. The molecule has 174 valence electrons. The van der Waals surface area contributed by atoms with Gasteiger partial charge in [0, 0.05) is 18.7 Å². The number of aliphatic hydroxyl groups is 1. The second-order valence-electron chi connectivity index (χ2n) is 8.06. The van der Waals surface area contributed by atoms with Gasteiger partial charge in [0.2, 0.25) is 0 Å². The molecule has 1 atom stereocenters. The number of nitrogens with zero attached hydrogens (tertiary/aromatic N) is 2.